The number of hydrogen-bond donors (Lipinski definition) is 1. The van der Waals surface area contributed by atoms with Crippen molar-refractivity contribution in [2.24, 2.45) is 0 Å². The maximum absolute atomic E-state index is 14.3. The number of imide groups is 1. The molecule has 1 fully saturated rings. The maximum Gasteiger partial charge on any atom is 0.363 e. The van der Waals surface area contributed by atoms with Crippen LogP contribution in [0.4, 0.5) is 0 Å². The Morgan fingerprint density at radius 3 is 2.09 bits per heavy atom. The summed E-state index contributed by atoms with van der Waals surface area (Å²) >= 11 is 0. The zero-order chi connectivity index (χ0) is 37.9. The number of carbonyl (C=O) groups excluding carboxylic acids is 4. The minimum absolute atomic E-state index is 0.0301. The van der Waals surface area contributed by atoms with Crippen LogP contribution < -0.4 is 14.0 Å². The monoisotopic (exact) mass is 737 g/mol. The van der Waals surface area contributed by atoms with Gasteiger partial charge in [0.1, 0.15) is 18.0 Å². The number of carbonyl (C=O) groups is 4. The summed E-state index contributed by atoms with van der Waals surface area (Å²) in [6.07, 6.45) is 4.52. The number of aromatic nitrogens is 1. The standard InChI is InChI=1S/C40H36N2O10S/c1-25-22-29(39(45)52-42-35(43)18-19-36(42)44)23-26(2)38(25)51-40(46)37-31-8-4-5-9-33(31)41(20-6-7-21-53(47,48)49)34-24-28(14-17-32(34)37)11-10-27-12-15-30(50-3)16-13-27/h4-5,8-17,22-24H,6-7,18-21H2,1-3H3/p+1. The van der Waals surface area contributed by atoms with Crippen molar-refractivity contribution in [2.45, 2.75) is 46.1 Å². The second kappa shape index (κ2) is 15.4. The molecule has 0 radical (unpaired) electrons. The summed E-state index contributed by atoms with van der Waals surface area (Å²) in [5.41, 5.74) is 4.51. The van der Waals surface area contributed by atoms with Crippen LogP contribution in [0.2, 0.25) is 0 Å². The molecule has 1 aliphatic heterocycles. The molecule has 5 aromatic rings. The molecular formula is C40H37N2O10S+. The molecule has 2 heterocycles. The van der Waals surface area contributed by atoms with Gasteiger partial charge in [-0.25, -0.2) is 9.59 Å². The SMILES string of the molecule is COc1ccc(C=Cc2ccc3c(C(=O)Oc4c(C)cc(C(=O)ON5C(=O)CCC5=O)cc4C)c4ccccc4[n+](CCCCS(=O)(=O)O)c3c2)cc1. The van der Waals surface area contributed by atoms with Crippen molar-refractivity contribution in [3.63, 3.8) is 0 Å². The van der Waals surface area contributed by atoms with E-state index in [0.29, 0.717) is 56.5 Å². The van der Waals surface area contributed by atoms with Gasteiger partial charge in [0.2, 0.25) is 11.0 Å². The second-order valence-corrected chi connectivity index (χ2v) is 14.3. The number of benzene rings is 4. The molecular weight excluding hydrogens is 701 g/mol. The fraction of sp³-hybridized carbons (Fsp3) is 0.225. The Kier molecular flexibility index (Phi) is 10.7. The van der Waals surface area contributed by atoms with Crippen LogP contribution in [0.25, 0.3) is 34.0 Å². The molecule has 0 atom stereocenters. The van der Waals surface area contributed by atoms with Crippen LogP contribution in [0.5, 0.6) is 11.5 Å². The highest BCUT2D eigenvalue weighted by Gasteiger charge is 2.33. The lowest BCUT2D eigenvalue weighted by Gasteiger charge is -2.16. The number of methoxy groups -OCH3 is 1. The van der Waals surface area contributed by atoms with Gasteiger partial charge in [0.15, 0.2) is 0 Å². The van der Waals surface area contributed by atoms with E-state index in [0.717, 1.165) is 16.9 Å². The van der Waals surface area contributed by atoms with Gasteiger partial charge >= 0.3 is 11.9 Å². The fourth-order valence-corrected chi connectivity index (χ4v) is 6.94. The zero-order valence-corrected chi connectivity index (χ0v) is 30.1. The van der Waals surface area contributed by atoms with E-state index in [2.05, 4.69) is 0 Å². The molecule has 13 heteroatoms. The molecule has 0 aliphatic carbocycles. The number of aryl methyl sites for hydroxylation is 3. The molecule has 0 unspecified atom stereocenters. The highest BCUT2D eigenvalue weighted by molar-refractivity contribution is 7.85. The van der Waals surface area contributed by atoms with Crippen LogP contribution in [-0.4, -0.2) is 54.6 Å². The van der Waals surface area contributed by atoms with Crippen molar-refractivity contribution in [3.8, 4) is 11.5 Å². The number of hydroxylamine groups is 2. The van der Waals surface area contributed by atoms with E-state index in [1.54, 1.807) is 21.0 Å². The zero-order valence-electron chi connectivity index (χ0n) is 29.3. The molecule has 0 spiro atoms. The number of amides is 2. The van der Waals surface area contributed by atoms with E-state index in [1.807, 2.05) is 83.4 Å². The minimum Gasteiger partial charge on any atom is -0.497 e. The van der Waals surface area contributed by atoms with Crippen LogP contribution in [0.1, 0.15) is 68.7 Å². The van der Waals surface area contributed by atoms with E-state index in [-0.39, 0.29) is 36.3 Å². The number of unbranched alkanes of at least 4 members (excludes halogenated alkanes) is 1. The average molecular weight is 738 g/mol. The average Bonchev–Trinajstić information content (AvgIpc) is 3.45. The smallest absolute Gasteiger partial charge is 0.363 e. The van der Waals surface area contributed by atoms with Gasteiger partial charge in [-0.2, -0.15) is 13.0 Å². The predicted molar refractivity (Wildman–Crippen MR) is 197 cm³/mol. The molecule has 0 bridgehead atoms. The predicted octanol–water partition coefficient (Wildman–Crippen LogP) is 6.18. The molecule has 6 rings (SSSR count). The van der Waals surface area contributed by atoms with Crippen molar-refractivity contribution in [3.05, 3.63) is 112 Å². The Balaban J connectivity index is 1.38. The number of rotatable bonds is 12. The van der Waals surface area contributed by atoms with Gasteiger partial charge in [0, 0.05) is 31.4 Å². The normalized spacial score (nSPS) is 13.3. The van der Waals surface area contributed by atoms with E-state index in [9.17, 15) is 32.1 Å². The first-order chi connectivity index (χ1) is 25.3. The summed E-state index contributed by atoms with van der Waals surface area (Å²) in [5.74, 6) is -2.11. The second-order valence-electron chi connectivity index (χ2n) is 12.7. The molecule has 4 aromatic carbocycles. The Labute approximate surface area is 305 Å². The van der Waals surface area contributed by atoms with E-state index < -0.39 is 33.9 Å². The van der Waals surface area contributed by atoms with E-state index >= 15 is 0 Å². The minimum atomic E-state index is -4.12. The van der Waals surface area contributed by atoms with Gasteiger partial charge in [0.05, 0.1) is 34.8 Å². The topological polar surface area (TPSA) is 157 Å². The number of pyridine rings is 1. The molecule has 2 amide bonds. The van der Waals surface area contributed by atoms with Crippen LogP contribution >= 0.6 is 0 Å². The lowest BCUT2D eigenvalue weighted by atomic mass is 9.99. The Hall–Kier alpha value is -5.92. The molecule has 12 nitrogen and oxygen atoms in total. The van der Waals surface area contributed by atoms with Gasteiger partial charge in [-0.1, -0.05) is 42.5 Å². The largest absolute Gasteiger partial charge is 0.497 e. The number of esters is 1. The Morgan fingerprint density at radius 1 is 0.811 bits per heavy atom. The molecule has 272 valence electrons. The number of nitrogens with zero attached hydrogens (tertiary/aromatic N) is 2. The molecule has 53 heavy (non-hydrogen) atoms. The lowest BCUT2D eigenvalue weighted by Crippen LogP contribution is -2.37. The first kappa shape index (κ1) is 36.9. The van der Waals surface area contributed by atoms with Crippen molar-refractivity contribution >= 4 is 67.8 Å². The molecule has 1 N–H and O–H groups in total. The summed E-state index contributed by atoms with van der Waals surface area (Å²) in [6.45, 7) is 3.74. The number of ether oxygens (including phenoxy) is 2. The quantitative estimate of drug-likeness (QED) is 0.0229. The van der Waals surface area contributed by atoms with Crippen LogP contribution in [0, 0.1) is 13.8 Å². The summed E-state index contributed by atoms with van der Waals surface area (Å²) in [6, 6.07) is 23.6. The number of hydrogen-bond acceptors (Lipinski definition) is 9. The third kappa shape index (κ3) is 8.27. The third-order valence-electron chi connectivity index (χ3n) is 8.94. The van der Waals surface area contributed by atoms with Gasteiger partial charge in [-0.3, -0.25) is 14.1 Å². The fourth-order valence-electron chi connectivity index (χ4n) is 6.37. The summed E-state index contributed by atoms with van der Waals surface area (Å²) in [4.78, 5) is 56.2. The first-order valence-corrected chi connectivity index (χ1v) is 18.5. The molecule has 1 saturated heterocycles. The highest BCUT2D eigenvalue weighted by atomic mass is 32.2. The van der Waals surface area contributed by atoms with Crippen molar-refractivity contribution in [1.82, 2.24) is 5.06 Å². The van der Waals surface area contributed by atoms with Crippen molar-refractivity contribution < 1.29 is 51.0 Å². The third-order valence-corrected chi connectivity index (χ3v) is 9.74. The summed E-state index contributed by atoms with van der Waals surface area (Å²) in [7, 11) is -2.52. The molecule has 0 saturated carbocycles. The van der Waals surface area contributed by atoms with Crippen LogP contribution in [0.15, 0.2) is 78.9 Å². The molecule has 1 aromatic heterocycles. The summed E-state index contributed by atoms with van der Waals surface area (Å²) in [5, 5.41) is 1.69. The van der Waals surface area contributed by atoms with Crippen molar-refractivity contribution in [2.75, 3.05) is 12.9 Å². The van der Waals surface area contributed by atoms with Gasteiger partial charge in [-0.15, -0.1) is 5.06 Å². The Morgan fingerprint density at radius 2 is 1.43 bits per heavy atom. The Bertz CT molecular complexity index is 2380. The van der Waals surface area contributed by atoms with E-state index in [4.69, 9.17) is 14.3 Å². The highest BCUT2D eigenvalue weighted by Crippen LogP contribution is 2.31. The van der Waals surface area contributed by atoms with Gasteiger partial charge < -0.3 is 14.3 Å². The summed E-state index contributed by atoms with van der Waals surface area (Å²) < 4.78 is 45.5. The number of fused-ring (bicyclic) bond motifs is 2. The lowest BCUT2D eigenvalue weighted by molar-refractivity contribution is -0.645. The van der Waals surface area contributed by atoms with Crippen LogP contribution in [0.3, 0.4) is 0 Å². The maximum atomic E-state index is 14.3. The van der Waals surface area contributed by atoms with Gasteiger partial charge in [0.25, 0.3) is 21.9 Å². The van der Waals surface area contributed by atoms with Crippen LogP contribution in [-0.2, 0) is 31.1 Å². The van der Waals surface area contributed by atoms with E-state index in [1.165, 1.54) is 12.1 Å². The number of para-hydroxylation sites is 1. The van der Waals surface area contributed by atoms with Crippen molar-refractivity contribution in [1.29, 1.82) is 0 Å². The molecule has 1 aliphatic rings. The van der Waals surface area contributed by atoms with Gasteiger partial charge in [-0.05, 0) is 78.9 Å². The first-order valence-electron chi connectivity index (χ1n) is 16.9.